The molecule has 106 valence electrons. The summed E-state index contributed by atoms with van der Waals surface area (Å²) in [5.41, 5.74) is 2.58. The van der Waals surface area contributed by atoms with E-state index >= 15 is 0 Å². The van der Waals surface area contributed by atoms with Gasteiger partial charge in [-0.25, -0.2) is 13.6 Å². The Morgan fingerprint density at radius 1 is 1.26 bits per heavy atom. The fraction of sp³-hybridized carbons (Fsp3) is 0.571. The van der Waals surface area contributed by atoms with Crippen molar-refractivity contribution in [3.63, 3.8) is 0 Å². The van der Waals surface area contributed by atoms with Crippen molar-refractivity contribution in [3.8, 4) is 0 Å². The van der Waals surface area contributed by atoms with Gasteiger partial charge >= 0.3 is 0 Å². The Balaban J connectivity index is 1.97. The molecule has 0 aromatic heterocycles. The Bertz CT molecular complexity index is 503. The third-order valence-electron chi connectivity index (χ3n) is 3.75. The van der Waals surface area contributed by atoms with E-state index in [1.165, 1.54) is 11.1 Å². The van der Waals surface area contributed by atoms with Crippen molar-refractivity contribution in [3.05, 3.63) is 35.4 Å². The molecule has 5 heteroatoms. The number of benzene rings is 1. The van der Waals surface area contributed by atoms with Gasteiger partial charge in [-0.3, -0.25) is 0 Å². The number of nitrogens with two attached hydrogens (primary N) is 1. The zero-order valence-corrected chi connectivity index (χ0v) is 12.1. The summed E-state index contributed by atoms with van der Waals surface area (Å²) in [5, 5.41) is 8.02. The number of piperidine rings is 1. The van der Waals surface area contributed by atoms with Crippen LogP contribution in [0.4, 0.5) is 0 Å². The van der Waals surface area contributed by atoms with Gasteiger partial charge in [-0.15, -0.1) is 0 Å². The van der Waals surface area contributed by atoms with Crippen LogP contribution in [0.25, 0.3) is 0 Å². The van der Waals surface area contributed by atoms with Crippen molar-refractivity contribution in [1.29, 1.82) is 0 Å². The summed E-state index contributed by atoms with van der Waals surface area (Å²) in [7, 11) is -3.41. The molecule has 0 radical (unpaired) electrons. The van der Waals surface area contributed by atoms with Crippen LogP contribution >= 0.6 is 0 Å². The number of hydrogen-bond acceptors (Lipinski definition) is 3. The van der Waals surface area contributed by atoms with Crippen molar-refractivity contribution in [1.82, 2.24) is 5.32 Å². The third kappa shape index (κ3) is 3.78. The van der Waals surface area contributed by atoms with Crippen LogP contribution in [0.2, 0.25) is 0 Å². The normalized spacial score (nSPS) is 24.3. The van der Waals surface area contributed by atoms with Gasteiger partial charge in [0, 0.05) is 12.6 Å². The summed E-state index contributed by atoms with van der Waals surface area (Å²) in [6.07, 6.45) is 3.70. The van der Waals surface area contributed by atoms with E-state index in [0.29, 0.717) is 13.0 Å². The largest absolute Gasteiger partial charge is 0.309 e. The predicted molar refractivity (Wildman–Crippen MR) is 77.3 cm³/mol. The van der Waals surface area contributed by atoms with Gasteiger partial charge in [0.2, 0.25) is 10.0 Å². The Labute approximate surface area is 115 Å². The van der Waals surface area contributed by atoms with E-state index in [1.807, 2.05) is 0 Å². The molecule has 1 aromatic carbocycles. The third-order valence-corrected chi connectivity index (χ3v) is 5.09. The number of primary sulfonamides is 1. The fourth-order valence-corrected chi connectivity index (χ4v) is 3.39. The van der Waals surface area contributed by atoms with Crippen LogP contribution in [0.5, 0.6) is 0 Å². The number of sulfonamides is 1. The number of aryl methyl sites for hydroxylation is 1. The zero-order valence-electron chi connectivity index (χ0n) is 11.3. The second-order valence-corrected chi connectivity index (χ2v) is 7.09. The molecular formula is C14H22N2O2S. The molecule has 2 atom stereocenters. The molecule has 0 aliphatic carbocycles. The second kappa shape index (κ2) is 6.03. The highest BCUT2D eigenvalue weighted by molar-refractivity contribution is 7.89. The van der Waals surface area contributed by atoms with Crippen molar-refractivity contribution >= 4 is 10.0 Å². The predicted octanol–water partition coefficient (Wildman–Crippen LogP) is 1.72. The average molecular weight is 282 g/mol. The van der Waals surface area contributed by atoms with Crippen molar-refractivity contribution < 1.29 is 8.42 Å². The first-order chi connectivity index (χ1) is 9.00. The summed E-state index contributed by atoms with van der Waals surface area (Å²) in [4.78, 5) is 0. The minimum Gasteiger partial charge on any atom is -0.309 e. The van der Waals surface area contributed by atoms with Gasteiger partial charge in [0.25, 0.3) is 0 Å². The molecule has 4 nitrogen and oxygen atoms in total. The van der Waals surface area contributed by atoms with Gasteiger partial charge in [0.1, 0.15) is 0 Å². The van der Waals surface area contributed by atoms with Gasteiger partial charge in [-0.1, -0.05) is 37.6 Å². The van der Waals surface area contributed by atoms with E-state index in [2.05, 4.69) is 36.5 Å². The Hall–Kier alpha value is -0.910. The van der Waals surface area contributed by atoms with Crippen LogP contribution < -0.4 is 10.5 Å². The Kier molecular flexibility index (Phi) is 4.60. The van der Waals surface area contributed by atoms with Crippen LogP contribution in [0.1, 0.15) is 43.4 Å². The van der Waals surface area contributed by atoms with E-state index in [-0.39, 0.29) is 6.04 Å². The maximum atomic E-state index is 11.3. The summed E-state index contributed by atoms with van der Waals surface area (Å²) in [6.45, 7) is 2.62. The molecule has 1 aromatic rings. The molecule has 1 heterocycles. The van der Waals surface area contributed by atoms with Crippen molar-refractivity contribution in [2.75, 3.05) is 6.54 Å². The lowest BCUT2D eigenvalue weighted by Crippen LogP contribution is -2.43. The van der Waals surface area contributed by atoms with E-state index in [0.717, 1.165) is 19.3 Å². The van der Waals surface area contributed by atoms with Crippen LogP contribution in [-0.4, -0.2) is 20.2 Å². The fourth-order valence-electron chi connectivity index (χ4n) is 2.60. The lowest BCUT2D eigenvalue weighted by molar-refractivity contribution is 0.408. The molecule has 1 aliphatic heterocycles. The van der Waals surface area contributed by atoms with Crippen LogP contribution in [0, 0.1) is 0 Å². The summed E-state index contributed by atoms with van der Waals surface area (Å²) in [6, 6.07) is 8.84. The lowest BCUT2D eigenvalue weighted by Gasteiger charge is -2.29. The summed E-state index contributed by atoms with van der Waals surface area (Å²) >= 11 is 0. The highest BCUT2D eigenvalue weighted by atomic mass is 32.2. The number of nitrogens with one attached hydrogen (secondary N) is 1. The first-order valence-corrected chi connectivity index (χ1v) is 8.45. The van der Waals surface area contributed by atoms with E-state index in [1.54, 1.807) is 0 Å². The van der Waals surface area contributed by atoms with Crippen molar-refractivity contribution in [2.45, 2.75) is 43.9 Å². The van der Waals surface area contributed by atoms with Crippen LogP contribution in [0.15, 0.2) is 24.3 Å². The first-order valence-electron chi connectivity index (χ1n) is 6.84. The maximum Gasteiger partial charge on any atom is 0.213 e. The highest BCUT2D eigenvalue weighted by Gasteiger charge is 2.28. The number of rotatable bonds is 4. The average Bonchev–Trinajstić information content (AvgIpc) is 2.39. The summed E-state index contributed by atoms with van der Waals surface area (Å²) < 4.78 is 22.6. The van der Waals surface area contributed by atoms with E-state index in [9.17, 15) is 8.42 Å². The molecule has 0 spiro atoms. The molecule has 1 saturated heterocycles. The lowest BCUT2D eigenvalue weighted by atomic mass is 9.96. The van der Waals surface area contributed by atoms with Gasteiger partial charge in [-0.2, -0.15) is 0 Å². The minimum absolute atomic E-state index is 0.244. The molecular weight excluding hydrogens is 260 g/mol. The van der Waals surface area contributed by atoms with Gasteiger partial charge < -0.3 is 5.32 Å². The molecule has 0 saturated carbocycles. The van der Waals surface area contributed by atoms with E-state index in [4.69, 9.17) is 5.14 Å². The van der Waals surface area contributed by atoms with Crippen LogP contribution in [0.3, 0.4) is 0 Å². The topological polar surface area (TPSA) is 72.2 Å². The van der Waals surface area contributed by atoms with Gasteiger partial charge in [0.15, 0.2) is 0 Å². The standard InChI is InChI=1S/C14H22N2O2S/c1-2-3-11-4-6-12(7-5-11)14-9-8-13(10-16-14)19(15,17)18/h4-7,13-14,16H,2-3,8-10H2,1H3,(H2,15,17,18). The van der Waals surface area contributed by atoms with Gasteiger partial charge in [-0.05, 0) is 30.4 Å². The molecule has 0 bridgehead atoms. The SMILES string of the molecule is CCCc1ccc(C2CCC(S(N)(=O)=O)CN2)cc1. The first kappa shape index (κ1) is 14.5. The monoisotopic (exact) mass is 282 g/mol. The smallest absolute Gasteiger partial charge is 0.213 e. The number of hydrogen-bond donors (Lipinski definition) is 2. The molecule has 2 rings (SSSR count). The molecule has 2 unspecified atom stereocenters. The molecule has 1 fully saturated rings. The molecule has 19 heavy (non-hydrogen) atoms. The highest BCUT2D eigenvalue weighted by Crippen LogP contribution is 2.25. The van der Waals surface area contributed by atoms with Gasteiger partial charge in [0.05, 0.1) is 5.25 Å². The Morgan fingerprint density at radius 2 is 1.95 bits per heavy atom. The maximum absolute atomic E-state index is 11.3. The van der Waals surface area contributed by atoms with E-state index < -0.39 is 15.3 Å². The zero-order chi connectivity index (χ0) is 13.9. The summed E-state index contributed by atoms with van der Waals surface area (Å²) in [5.74, 6) is 0. The molecule has 1 aliphatic rings. The molecule has 0 amide bonds. The van der Waals surface area contributed by atoms with Crippen molar-refractivity contribution in [2.24, 2.45) is 5.14 Å². The molecule has 3 N–H and O–H groups in total. The Morgan fingerprint density at radius 3 is 2.42 bits per heavy atom. The van der Waals surface area contributed by atoms with Crippen LogP contribution in [-0.2, 0) is 16.4 Å². The quantitative estimate of drug-likeness (QED) is 0.883. The minimum atomic E-state index is -3.41. The second-order valence-electron chi connectivity index (χ2n) is 5.24.